The second kappa shape index (κ2) is 6.55. The smallest absolute Gasteiger partial charge is 0.273 e. The van der Waals surface area contributed by atoms with Crippen molar-refractivity contribution in [1.29, 1.82) is 0 Å². The molecule has 1 unspecified atom stereocenters. The molecule has 1 atom stereocenters. The number of carbonyl (C=O) groups is 1. The third-order valence-corrected chi connectivity index (χ3v) is 4.10. The summed E-state index contributed by atoms with van der Waals surface area (Å²) in [7, 11) is 2.84. The van der Waals surface area contributed by atoms with Gasteiger partial charge in [0, 0.05) is 24.3 Å². The number of nitrogens with zero attached hydrogens (tertiary/aromatic N) is 1. The molecule has 0 spiro atoms. The molecule has 0 fully saturated rings. The number of rotatable bonds is 6. The molecule has 1 heterocycles. The van der Waals surface area contributed by atoms with Crippen molar-refractivity contribution < 1.29 is 17.9 Å². The highest BCUT2D eigenvalue weighted by Gasteiger charge is 2.29. The van der Waals surface area contributed by atoms with Crippen LogP contribution >= 0.6 is 10.7 Å². The lowest BCUT2D eigenvalue weighted by atomic mass is 10.1. The first-order valence-corrected chi connectivity index (χ1v) is 8.33. The van der Waals surface area contributed by atoms with Crippen molar-refractivity contribution in [2.24, 2.45) is 0 Å². The number of carbonyl (C=O) groups excluding carboxylic acids is 1. The van der Waals surface area contributed by atoms with Gasteiger partial charge in [0.05, 0.1) is 11.8 Å². The van der Waals surface area contributed by atoms with Crippen molar-refractivity contribution in [1.82, 2.24) is 15.5 Å². The minimum Gasteiger partial charge on any atom is -0.380 e. The van der Waals surface area contributed by atoms with E-state index >= 15 is 0 Å². The zero-order valence-electron chi connectivity index (χ0n) is 11.7. The number of nitrogens with one attached hydrogen (secondary N) is 2. The molecule has 0 saturated heterocycles. The molecule has 0 aliphatic rings. The van der Waals surface area contributed by atoms with E-state index in [1.807, 2.05) is 0 Å². The van der Waals surface area contributed by atoms with Gasteiger partial charge in [0.15, 0.2) is 5.69 Å². The molecule has 1 aromatic heterocycles. The number of halogens is 1. The van der Waals surface area contributed by atoms with Crippen LogP contribution in [0.5, 0.6) is 0 Å². The van der Waals surface area contributed by atoms with Crippen molar-refractivity contribution in [2.45, 2.75) is 37.7 Å². The maximum Gasteiger partial charge on any atom is 0.273 e. The topological polar surface area (TPSA) is 101 Å². The van der Waals surface area contributed by atoms with Gasteiger partial charge in [-0.15, -0.1) is 0 Å². The highest BCUT2D eigenvalue weighted by atomic mass is 35.7. The van der Waals surface area contributed by atoms with E-state index in [2.05, 4.69) is 15.5 Å². The summed E-state index contributed by atoms with van der Waals surface area (Å²) in [5.41, 5.74) is 0.0805. The average Bonchev–Trinajstić information content (AvgIpc) is 2.80. The number of ether oxygens (including phenoxy) is 1. The summed E-state index contributed by atoms with van der Waals surface area (Å²) in [5.74, 6) is -0.776. The Kier molecular flexibility index (Phi) is 5.55. The molecule has 0 radical (unpaired) electrons. The standard InChI is InChI=1S/C11H18ClN3O4S/c1-6(2)8-10(20(12,17)18)9(15-14-8)11(16)13-5-7(3)19-4/h6-7H,5H2,1-4H3,(H,13,16)(H,14,15). The predicted octanol–water partition coefficient (Wildman–Crippen LogP) is 1.23. The molecule has 1 rings (SSSR count). The predicted molar refractivity (Wildman–Crippen MR) is 74.5 cm³/mol. The molecule has 9 heteroatoms. The van der Waals surface area contributed by atoms with E-state index in [-0.39, 0.29) is 29.2 Å². The van der Waals surface area contributed by atoms with Crippen LogP contribution in [0.2, 0.25) is 0 Å². The van der Waals surface area contributed by atoms with Crippen LogP contribution in [0.3, 0.4) is 0 Å². The molecule has 0 aliphatic carbocycles. The summed E-state index contributed by atoms with van der Waals surface area (Å²) in [5, 5.41) is 8.87. The Morgan fingerprint density at radius 2 is 2.05 bits per heavy atom. The van der Waals surface area contributed by atoms with Gasteiger partial charge >= 0.3 is 0 Å². The van der Waals surface area contributed by atoms with Gasteiger partial charge in [0.1, 0.15) is 4.90 Å². The van der Waals surface area contributed by atoms with Crippen molar-refractivity contribution in [2.75, 3.05) is 13.7 Å². The van der Waals surface area contributed by atoms with Crippen molar-refractivity contribution in [3.05, 3.63) is 11.4 Å². The van der Waals surface area contributed by atoms with Gasteiger partial charge < -0.3 is 10.1 Å². The third-order valence-electron chi connectivity index (χ3n) is 2.74. The Hall–Kier alpha value is -1.12. The van der Waals surface area contributed by atoms with Gasteiger partial charge in [-0.25, -0.2) is 8.42 Å². The zero-order valence-corrected chi connectivity index (χ0v) is 13.3. The number of H-pyrrole nitrogens is 1. The van der Waals surface area contributed by atoms with E-state index in [4.69, 9.17) is 15.4 Å². The number of aromatic amines is 1. The molecule has 7 nitrogen and oxygen atoms in total. The average molecular weight is 324 g/mol. The second-order valence-corrected chi connectivity index (χ2v) is 7.17. The Bertz CT molecular complexity index is 582. The van der Waals surface area contributed by atoms with Crippen molar-refractivity contribution in [3.63, 3.8) is 0 Å². The van der Waals surface area contributed by atoms with E-state index in [0.717, 1.165) is 0 Å². The molecule has 0 aromatic carbocycles. The lowest BCUT2D eigenvalue weighted by Crippen LogP contribution is -2.32. The van der Waals surface area contributed by atoms with Crippen LogP contribution in [-0.4, -0.2) is 44.3 Å². The summed E-state index contributed by atoms with van der Waals surface area (Å²) < 4.78 is 28.3. The maximum atomic E-state index is 12.0. The van der Waals surface area contributed by atoms with Crippen LogP contribution in [0.15, 0.2) is 4.90 Å². The summed E-state index contributed by atoms with van der Waals surface area (Å²) in [4.78, 5) is 11.7. The lowest BCUT2D eigenvalue weighted by molar-refractivity contribution is 0.0863. The second-order valence-electron chi connectivity index (χ2n) is 4.66. The highest BCUT2D eigenvalue weighted by molar-refractivity contribution is 8.13. The fraction of sp³-hybridized carbons (Fsp3) is 0.636. The molecular weight excluding hydrogens is 306 g/mol. The molecule has 1 aromatic rings. The first kappa shape index (κ1) is 16.9. The summed E-state index contributed by atoms with van der Waals surface area (Å²) in [6.07, 6.45) is -0.196. The SMILES string of the molecule is COC(C)CNC(=O)c1n[nH]c(C(C)C)c1S(=O)(=O)Cl. The van der Waals surface area contributed by atoms with Gasteiger partial charge in [0.2, 0.25) is 0 Å². The summed E-state index contributed by atoms with van der Waals surface area (Å²) in [6.45, 7) is 5.55. The van der Waals surface area contributed by atoms with Crippen LogP contribution in [0, 0.1) is 0 Å². The highest BCUT2D eigenvalue weighted by Crippen LogP contribution is 2.27. The molecule has 1 amide bonds. The molecule has 20 heavy (non-hydrogen) atoms. The maximum absolute atomic E-state index is 12.0. The van der Waals surface area contributed by atoms with E-state index in [0.29, 0.717) is 5.69 Å². The Labute approximate surface area is 122 Å². The van der Waals surface area contributed by atoms with Crippen LogP contribution in [-0.2, 0) is 13.8 Å². The van der Waals surface area contributed by atoms with Gasteiger partial charge in [-0.2, -0.15) is 5.10 Å². The van der Waals surface area contributed by atoms with E-state index < -0.39 is 15.0 Å². The molecular formula is C11H18ClN3O4S. The monoisotopic (exact) mass is 323 g/mol. The van der Waals surface area contributed by atoms with Crippen LogP contribution in [0.4, 0.5) is 0 Å². The number of hydrogen-bond acceptors (Lipinski definition) is 5. The molecule has 114 valence electrons. The number of hydrogen-bond donors (Lipinski definition) is 2. The Morgan fingerprint density at radius 3 is 2.50 bits per heavy atom. The van der Waals surface area contributed by atoms with Gasteiger partial charge in [0.25, 0.3) is 15.0 Å². The lowest BCUT2D eigenvalue weighted by Gasteiger charge is -2.10. The Balaban J connectivity index is 3.10. The third kappa shape index (κ3) is 3.94. The van der Waals surface area contributed by atoms with Gasteiger partial charge in [-0.1, -0.05) is 13.8 Å². The Morgan fingerprint density at radius 1 is 1.45 bits per heavy atom. The van der Waals surface area contributed by atoms with Crippen LogP contribution in [0.1, 0.15) is 42.9 Å². The normalized spacial score (nSPS) is 13.5. The minimum absolute atomic E-state index is 0.162. The van der Waals surface area contributed by atoms with Crippen molar-refractivity contribution >= 4 is 25.6 Å². The van der Waals surface area contributed by atoms with Gasteiger partial charge in [-0.3, -0.25) is 9.89 Å². The first-order valence-electron chi connectivity index (χ1n) is 6.02. The van der Waals surface area contributed by atoms with Crippen molar-refractivity contribution in [3.8, 4) is 0 Å². The first-order chi connectivity index (χ1) is 9.18. The molecule has 2 N–H and O–H groups in total. The van der Waals surface area contributed by atoms with E-state index in [1.165, 1.54) is 7.11 Å². The quantitative estimate of drug-likeness (QED) is 0.767. The summed E-state index contributed by atoms with van der Waals surface area (Å²) in [6, 6.07) is 0. The number of amides is 1. The summed E-state index contributed by atoms with van der Waals surface area (Å²) >= 11 is 0. The largest absolute Gasteiger partial charge is 0.380 e. The number of aromatic nitrogens is 2. The molecule has 0 saturated carbocycles. The number of methoxy groups -OCH3 is 1. The van der Waals surface area contributed by atoms with Crippen LogP contribution in [0.25, 0.3) is 0 Å². The minimum atomic E-state index is -4.07. The molecule has 0 bridgehead atoms. The van der Waals surface area contributed by atoms with E-state index in [1.54, 1.807) is 20.8 Å². The zero-order chi connectivity index (χ0) is 15.5. The van der Waals surface area contributed by atoms with Crippen LogP contribution < -0.4 is 5.32 Å². The molecule has 0 aliphatic heterocycles. The van der Waals surface area contributed by atoms with E-state index in [9.17, 15) is 13.2 Å². The fourth-order valence-electron chi connectivity index (χ4n) is 1.54. The van der Waals surface area contributed by atoms with Gasteiger partial charge in [-0.05, 0) is 12.8 Å². The fourth-order valence-corrected chi connectivity index (χ4v) is 2.92.